The standard InChI is InChI=1S/C29H25ClF2N8O3/c1-38-23(41)13-40(28(38)43)20-8-17(15-5-6-15)11-39-12-19(36-26(20)39)10-33-21-9-22(35-14-34-21)37-27(42)25-24(29(25,31)32)16-3-2-4-18(30)7-16/h2-4,7-9,11-12,14-15,24-25H,5-6,10,13H2,1H3,(H2,33,34,35,37,42)/t24-,25+/m0/s1. The minimum Gasteiger partial charge on any atom is -0.364 e. The molecule has 3 fully saturated rings. The van der Waals surface area contributed by atoms with Crippen LogP contribution in [0.3, 0.4) is 0 Å². The molecule has 1 saturated heterocycles. The van der Waals surface area contributed by atoms with Crippen LogP contribution >= 0.6 is 11.6 Å². The number of carbonyl (C=O) groups is 3. The Labute approximate surface area is 248 Å². The third-order valence-electron chi connectivity index (χ3n) is 8.04. The molecule has 3 aliphatic rings. The van der Waals surface area contributed by atoms with Gasteiger partial charge >= 0.3 is 6.03 Å². The van der Waals surface area contributed by atoms with Gasteiger partial charge < -0.3 is 15.0 Å². The Morgan fingerprint density at radius 3 is 2.60 bits per heavy atom. The van der Waals surface area contributed by atoms with Gasteiger partial charge in [-0.3, -0.25) is 19.4 Å². The predicted molar refractivity (Wildman–Crippen MR) is 153 cm³/mol. The van der Waals surface area contributed by atoms with E-state index in [0.717, 1.165) is 23.3 Å². The number of amides is 4. The lowest BCUT2D eigenvalue weighted by Crippen LogP contribution is -2.30. The number of benzene rings is 1. The minimum atomic E-state index is -3.20. The molecule has 0 radical (unpaired) electrons. The van der Waals surface area contributed by atoms with E-state index in [0.29, 0.717) is 39.4 Å². The number of alkyl halides is 2. The molecule has 1 aliphatic heterocycles. The maximum Gasteiger partial charge on any atom is 0.331 e. The summed E-state index contributed by atoms with van der Waals surface area (Å²) in [6.07, 6.45) is 7.16. The smallest absolute Gasteiger partial charge is 0.331 e. The predicted octanol–water partition coefficient (Wildman–Crippen LogP) is 4.65. The Kier molecular flexibility index (Phi) is 6.31. The number of urea groups is 1. The molecule has 2 atom stereocenters. The van der Waals surface area contributed by atoms with Gasteiger partial charge in [-0.05, 0) is 48.1 Å². The van der Waals surface area contributed by atoms with Gasteiger partial charge in [0.1, 0.15) is 30.4 Å². The van der Waals surface area contributed by atoms with Gasteiger partial charge in [0, 0.05) is 30.5 Å². The molecular weight excluding hydrogens is 582 g/mol. The van der Waals surface area contributed by atoms with Crippen molar-refractivity contribution in [3.63, 3.8) is 0 Å². The lowest BCUT2D eigenvalue weighted by atomic mass is 10.1. The first-order valence-corrected chi connectivity index (χ1v) is 14.1. The Morgan fingerprint density at radius 2 is 1.88 bits per heavy atom. The summed E-state index contributed by atoms with van der Waals surface area (Å²) in [7, 11) is 1.46. The van der Waals surface area contributed by atoms with Crippen LogP contribution in [0.1, 0.15) is 41.5 Å². The maximum atomic E-state index is 14.6. The van der Waals surface area contributed by atoms with Gasteiger partial charge in [0.15, 0.2) is 5.65 Å². The second-order valence-corrected chi connectivity index (χ2v) is 11.5. The van der Waals surface area contributed by atoms with Crippen molar-refractivity contribution < 1.29 is 23.2 Å². The van der Waals surface area contributed by atoms with E-state index in [2.05, 4.69) is 20.6 Å². The summed E-state index contributed by atoms with van der Waals surface area (Å²) in [5.41, 5.74) is 3.11. The molecule has 2 saturated carbocycles. The van der Waals surface area contributed by atoms with E-state index in [1.165, 1.54) is 36.5 Å². The van der Waals surface area contributed by atoms with E-state index < -0.39 is 29.7 Å². The molecule has 0 bridgehead atoms. The van der Waals surface area contributed by atoms with Crippen LogP contribution < -0.4 is 15.5 Å². The van der Waals surface area contributed by atoms with Gasteiger partial charge in [0.25, 0.3) is 5.92 Å². The second-order valence-electron chi connectivity index (χ2n) is 11.0. The number of rotatable bonds is 8. The van der Waals surface area contributed by atoms with Crippen molar-refractivity contribution in [1.29, 1.82) is 0 Å². The SMILES string of the molecule is CN1C(=O)CN(c2cc(C3CC3)cn3cc(CNc4cc(NC(=O)[C@H]5[C@H](c6cccc(Cl)c6)C5(F)F)ncn4)nc23)C1=O. The molecule has 11 nitrogen and oxygen atoms in total. The highest BCUT2D eigenvalue weighted by Crippen LogP contribution is 2.62. The van der Waals surface area contributed by atoms with Crippen molar-refractivity contribution in [2.24, 2.45) is 5.92 Å². The molecule has 2 aliphatic carbocycles. The normalized spacial score (nSPS) is 21.0. The zero-order valence-electron chi connectivity index (χ0n) is 22.8. The van der Waals surface area contributed by atoms with Gasteiger partial charge in [-0.1, -0.05) is 23.7 Å². The molecule has 4 amide bonds. The van der Waals surface area contributed by atoms with Gasteiger partial charge in [0.2, 0.25) is 11.8 Å². The lowest BCUT2D eigenvalue weighted by molar-refractivity contribution is -0.124. The van der Waals surface area contributed by atoms with Crippen LogP contribution in [0.5, 0.6) is 0 Å². The van der Waals surface area contributed by atoms with Crippen molar-refractivity contribution in [1.82, 2.24) is 24.3 Å². The number of imidazole rings is 1. The molecule has 220 valence electrons. The summed E-state index contributed by atoms with van der Waals surface area (Å²) in [5, 5.41) is 5.91. The molecule has 2 N–H and O–H groups in total. The minimum absolute atomic E-state index is 0.0539. The molecule has 3 aromatic heterocycles. The average Bonchev–Trinajstić information content (AvgIpc) is 3.85. The number of aromatic nitrogens is 4. The average molecular weight is 607 g/mol. The van der Waals surface area contributed by atoms with E-state index in [1.807, 2.05) is 22.9 Å². The number of pyridine rings is 1. The van der Waals surface area contributed by atoms with Crippen molar-refractivity contribution in [3.05, 3.63) is 77.0 Å². The fourth-order valence-corrected chi connectivity index (χ4v) is 5.74. The molecule has 4 aromatic rings. The lowest BCUT2D eigenvalue weighted by Gasteiger charge is -2.17. The molecule has 1 aromatic carbocycles. The van der Waals surface area contributed by atoms with Crippen molar-refractivity contribution in [2.75, 3.05) is 29.1 Å². The Balaban J connectivity index is 1.06. The summed E-state index contributed by atoms with van der Waals surface area (Å²) >= 11 is 5.95. The first kappa shape index (κ1) is 27.2. The summed E-state index contributed by atoms with van der Waals surface area (Å²) in [6.45, 7) is 0.177. The van der Waals surface area contributed by atoms with Gasteiger partial charge in [-0.25, -0.2) is 28.5 Å². The number of nitrogens with one attached hydrogen (secondary N) is 2. The number of nitrogens with zero attached hydrogens (tertiary/aromatic N) is 6. The van der Waals surface area contributed by atoms with E-state index in [4.69, 9.17) is 16.6 Å². The van der Waals surface area contributed by atoms with Crippen molar-refractivity contribution >= 4 is 52.4 Å². The van der Waals surface area contributed by atoms with Crippen LogP contribution in [0, 0.1) is 5.92 Å². The number of halogens is 3. The van der Waals surface area contributed by atoms with Crippen LogP contribution in [-0.2, 0) is 16.1 Å². The number of hydrogen-bond acceptors (Lipinski definition) is 7. The quantitative estimate of drug-likeness (QED) is 0.280. The summed E-state index contributed by atoms with van der Waals surface area (Å²) in [6, 6.07) is 9.11. The Hall–Kier alpha value is -4.65. The van der Waals surface area contributed by atoms with Crippen LogP contribution in [0.4, 0.5) is 30.9 Å². The summed E-state index contributed by atoms with van der Waals surface area (Å²) in [5.74, 6) is -6.32. The monoisotopic (exact) mass is 606 g/mol. The van der Waals surface area contributed by atoms with Crippen LogP contribution in [-0.4, -0.2) is 61.6 Å². The first-order chi connectivity index (χ1) is 20.6. The van der Waals surface area contributed by atoms with Gasteiger partial charge in [0.05, 0.1) is 23.8 Å². The molecule has 0 spiro atoms. The number of fused-ring (bicyclic) bond motifs is 1. The topological polar surface area (TPSA) is 125 Å². The summed E-state index contributed by atoms with van der Waals surface area (Å²) in [4.78, 5) is 53.1. The van der Waals surface area contributed by atoms with E-state index >= 15 is 0 Å². The fraction of sp³-hybridized carbons (Fsp3) is 0.310. The second kappa shape index (κ2) is 9.97. The van der Waals surface area contributed by atoms with E-state index in [1.54, 1.807) is 12.1 Å². The first-order valence-electron chi connectivity index (χ1n) is 13.7. The van der Waals surface area contributed by atoms with Crippen LogP contribution in [0.2, 0.25) is 5.02 Å². The zero-order chi connectivity index (χ0) is 30.0. The molecule has 14 heteroatoms. The number of hydrogen-bond donors (Lipinski definition) is 2. The Bertz CT molecular complexity index is 1810. The molecule has 43 heavy (non-hydrogen) atoms. The Morgan fingerprint density at radius 1 is 1.09 bits per heavy atom. The number of likely N-dealkylation sites (N-methyl/N-ethyl adjacent to an activating group) is 1. The molecule has 0 unspecified atom stereocenters. The zero-order valence-corrected chi connectivity index (χ0v) is 23.6. The third-order valence-corrected chi connectivity index (χ3v) is 8.28. The number of imide groups is 1. The molecule has 4 heterocycles. The number of carbonyl (C=O) groups excluding carboxylic acids is 3. The van der Waals surface area contributed by atoms with Crippen LogP contribution in [0.15, 0.2) is 55.1 Å². The maximum absolute atomic E-state index is 14.6. The highest BCUT2D eigenvalue weighted by Gasteiger charge is 2.72. The fourth-order valence-electron chi connectivity index (χ4n) is 5.54. The molecule has 7 rings (SSSR count). The van der Waals surface area contributed by atoms with E-state index in [9.17, 15) is 23.2 Å². The number of anilines is 3. The van der Waals surface area contributed by atoms with Gasteiger partial charge in [-0.2, -0.15) is 0 Å². The van der Waals surface area contributed by atoms with Crippen LogP contribution in [0.25, 0.3) is 5.65 Å². The highest BCUT2D eigenvalue weighted by atomic mass is 35.5. The van der Waals surface area contributed by atoms with Crippen molar-refractivity contribution in [3.8, 4) is 0 Å². The highest BCUT2D eigenvalue weighted by molar-refractivity contribution is 6.30. The van der Waals surface area contributed by atoms with Gasteiger partial charge in [-0.15, -0.1) is 0 Å². The largest absolute Gasteiger partial charge is 0.364 e. The van der Waals surface area contributed by atoms with E-state index in [-0.39, 0.29) is 24.8 Å². The summed E-state index contributed by atoms with van der Waals surface area (Å²) < 4.78 is 31.0. The molecular formula is C29H25ClF2N8O3. The van der Waals surface area contributed by atoms with Crippen molar-refractivity contribution in [2.45, 2.75) is 37.1 Å². The third kappa shape index (κ3) is 4.92.